The van der Waals surface area contributed by atoms with E-state index in [-0.39, 0.29) is 0 Å². The van der Waals surface area contributed by atoms with Crippen molar-refractivity contribution in [1.29, 1.82) is 0 Å². The predicted octanol–water partition coefficient (Wildman–Crippen LogP) is 2.09. The van der Waals surface area contributed by atoms with Crippen LogP contribution in [0.2, 0.25) is 0 Å². The van der Waals surface area contributed by atoms with Gasteiger partial charge in [-0.2, -0.15) is 4.98 Å². The van der Waals surface area contributed by atoms with Crippen molar-refractivity contribution in [1.82, 2.24) is 19.6 Å². The molecule has 1 N–H and O–H groups in total. The number of hydrogen-bond donors (Lipinski definition) is 1. The van der Waals surface area contributed by atoms with Crippen LogP contribution < -0.4 is 5.32 Å². The highest BCUT2D eigenvalue weighted by Crippen LogP contribution is 2.09. The van der Waals surface area contributed by atoms with E-state index in [1.807, 2.05) is 49.6 Å². The number of aryl methyl sites for hydroxylation is 1. The Kier molecular flexibility index (Phi) is 3.10. The molecule has 3 rings (SSSR count). The summed E-state index contributed by atoms with van der Waals surface area (Å²) < 4.78 is 1.79. The van der Waals surface area contributed by atoms with Crippen molar-refractivity contribution >= 4 is 11.6 Å². The average molecular weight is 253 g/mol. The van der Waals surface area contributed by atoms with Gasteiger partial charge in [0.2, 0.25) is 5.95 Å². The van der Waals surface area contributed by atoms with Crippen molar-refractivity contribution in [2.24, 2.45) is 0 Å². The van der Waals surface area contributed by atoms with Gasteiger partial charge in [0.05, 0.1) is 0 Å². The van der Waals surface area contributed by atoms with E-state index in [9.17, 15) is 0 Å². The largest absolute Gasteiger partial charge is 0.353 e. The molecule has 0 bridgehead atoms. The molecule has 0 aliphatic rings. The van der Waals surface area contributed by atoms with Crippen LogP contribution in [0.1, 0.15) is 11.3 Å². The smallest absolute Gasteiger partial charge is 0.243 e. The van der Waals surface area contributed by atoms with Crippen LogP contribution in [0.25, 0.3) is 5.65 Å². The van der Waals surface area contributed by atoms with Gasteiger partial charge in [0.25, 0.3) is 0 Å². The Bertz CT molecular complexity index is 675. The van der Waals surface area contributed by atoms with E-state index in [0.717, 1.165) is 29.9 Å². The molecule has 0 unspecified atom stereocenters. The molecule has 0 spiro atoms. The van der Waals surface area contributed by atoms with Crippen molar-refractivity contribution < 1.29 is 0 Å². The fraction of sp³-hybridized carbons (Fsp3) is 0.214. The molecule has 0 saturated carbocycles. The van der Waals surface area contributed by atoms with Crippen molar-refractivity contribution in [2.45, 2.75) is 13.3 Å². The van der Waals surface area contributed by atoms with Gasteiger partial charge < -0.3 is 5.32 Å². The zero-order valence-electron chi connectivity index (χ0n) is 10.7. The number of rotatable bonds is 4. The van der Waals surface area contributed by atoms with Crippen LogP contribution in [0, 0.1) is 6.92 Å². The number of pyridine rings is 2. The second-order valence-electron chi connectivity index (χ2n) is 4.39. The molecule has 19 heavy (non-hydrogen) atoms. The van der Waals surface area contributed by atoms with Gasteiger partial charge in [-0.15, -0.1) is 5.10 Å². The summed E-state index contributed by atoms with van der Waals surface area (Å²) in [5.74, 6) is 0.658. The molecule has 3 aromatic heterocycles. The van der Waals surface area contributed by atoms with Crippen molar-refractivity contribution in [3.05, 3.63) is 54.0 Å². The molecule has 0 fully saturated rings. The van der Waals surface area contributed by atoms with Crippen LogP contribution in [0.3, 0.4) is 0 Å². The summed E-state index contributed by atoms with van der Waals surface area (Å²) in [6.07, 6.45) is 4.57. The van der Waals surface area contributed by atoms with Gasteiger partial charge in [-0.25, -0.2) is 4.52 Å². The standard InChI is InChI=1S/C14H15N5/c1-11-5-4-10-19-13(11)17-14(18-19)16-9-7-12-6-2-3-8-15-12/h2-6,8,10H,7,9H2,1H3,(H,16,18). The molecule has 0 aliphatic carbocycles. The molecule has 3 aromatic rings. The number of anilines is 1. The van der Waals surface area contributed by atoms with Crippen molar-refractivity contribution in [3.8, 4) is 0 Å². The van der Waals surface area contributed by atoms with Gasteiger partial charge in [-0.05, 0) is 30.7 Å². The van der Waals surface area contributed by atoms with Crippen LogP contribution in [0.4, 0.5) is 5.95 Å². The fourth-order valence-electron chi connectivity index (χ4n) is 1.96. The van der Waals surface area contributed by atoms with Crippen LogP contribution >= 0.6 is 0 Å². The number of nitrogens with zero attached hydrogens (tertiary/aromatic N) is 4. The maximum atomic E-state index is 4.46. The zero-order chi connectivity index (χ0) is 13.1. The summed E-state index contributed by atoms with van der Waals surface area (Å²) in [7, 11) is 0. The topological polar surface area (TPSA) is 55.1 Å². The number of nitrogens with one attached hydrogen (secondary N) is 1. The van der Waals surface area contributed by atoms with E-state index in [1.54, 1.807) is 4.52 Å². The zero-order valence-corrected chi connectivity index (χ0v) is 10.7. The SMILES string of the molecule is Cc1cccn2nc(NCCc3ccccn3)nc12. The molecule has 0 saturated heterocycles. The fourth-order valence-corrected chi connectivity index (χ4v) is 1.96. The first-order chi connectivity index (χ1) is 9.33. The first-order valence-corrected chi connectivity index (χ1v) is 6.29. The second-order valence-corrected chi connectivity index (χ2v) is 4.39. The van der Waals surface area contributed by atoms with Gasteiger partial charge in [-0.3, -0.25) is 4.98 Å². The molecular formula is C14H15N5. The third kappa shape index (κ3) is 2.54. The molecular weight excluding hydrogens is 238 g/mol. The second kappa shape index (κ2) is 5.06. The number of fused-ring (bicyclic) bond motifs is 1. The van der Waals surface area contributed by atoms with Crippen LogP contribution in [-0.2, 0) is 6.42 Å². The van der Waals surface area contributed by atoms with Gasteiger partial charge in [0.15, 0.2) is 5.65 Å². The Hall–Kier alpha value is -2.43. The molecule has 0 amide bonds. The lowest BCUT2D eigenvalue weighted by atomic mass is 10.3. The summed E-state index contributed by atoms with van der Waals surface area (Å²) in [6.45, 7) is 2.80. The summed E-state index contributed by atoms with van der Waals surface area (Å²) in [5.41, 5.74) is 3.07. The van der Waals surface area contributed by atoms with E-state index in [4.69, 9.17) is 0 Å². The van der Waals surface area contributed by atoms with Gasteiger partial charge in [-0.1, -0.05) is 12.1 Å². The van der Waals surface area contributed by atoms with Crippen LogP contribution in [-0.4, -0.2) is 26.1 Å². The average Bonchev–Trinajstić information content (AvgIpc) is 2.84. The predicted molar refractivity (Wildman–Crippen MR) is 74.2 cm³/mol. The lowest BCUT2D eigenvalue weighted by Gasteiger charge is -2.00. The minimum atomic E-state index is 0.658. The maximum absolute atomic E-state index is 4.46. The Balaban J connectivity index is 1.67. The molecule has 0 radical (unpaired) electrons. The third-order valence-electron chi connectivity index (χ3n) is 2.95. The third-order valence-corrected chi connectivity index (χ3v) is 2.95. The summed E-state index contributed by atoms with van der Waals surface area (Å²) in [5, 5.41) is 7.61. The van der Waals surface area contributed by atoms with E-state index < -0.39 is 0 Å². The Morgan fingerprint density at radius 3 is 2.95 bits per heavy atom. The Morgan fingerprint density at radius 2 is 2.16 bits per heavy atom. The van der Waals surface area contributed by atoms with Crippen molar-refractivity contribution in [3.63, 3.8) is 0 Å². The molecule has 5 nitrogen and oxygen atoms in total. The molecule has 0 aliphatic heterocycles. The number of hydrogen-bond acceptors (Lipinski definition) is 4. The lowest BCUT2D eigenvalue weighted by molar-refractivity contribution is 0.919. The van der Waals surface area contributed by atoms with E-state index in [1.165, 1.54) is 0 Å². The normalized spacial score (nSPS) is 10.8. The summed E-state index contributed by atoms with van der Waals surface area (Å²) in [4.78, 5) is 8.74. The minimum absolute atomic E-state index is 0.658. The molecule has 3 heterocycles. The van der Waals surface area contributed by atoms with E-state index in [0.29, 0.717) is 5.95 Å². The highest BCUT2D eigenvalue weighted by atomic mass is 15.3. The Morgan fingerprint density at radius 1 is 1.21 bits per heavy atom. The van der Waals surface area contributed by atoms with E-state index in [2.05, 4.69) is 20.4 Å². The van der Waals surface area contributed by atoms with Gasteiger partial charge in [0.1, 0.15) is 0 Å². The quantitative estimate of drug-likeness (QED) is 0.773. The minimum Gasteiger partial charge on any atom is -0.353 e. The number of aromatic nitrogens is 4. The van der Waals surface area contributed by atoms with E-state index >= 15 is 0 Å². The van der Waals surface area contributed by atoms with Crippen molar-refractivity contribution in [2.75, 3.05) is 11.9 Å². The highest BCUT2D eigenvalue weighted by Gasteiger charge is 2.04. The first-order valence-electron chi connectivity index (χ1n) is 6.29. The monoisotopic (exact) mass is 253 g/mol. The maximum Gasteiger partial charge on any atom is 0.243 e. The lowest BCUT2D eigenvalue weighted by Crippen LogP contribution is -2.07. The summed E-state index contributed by atoms with van der Waals surface area (Å²) in [6, 6.07) is 9.93. The van der Waals surface area contributed by atoms with Gasteiger partial charge in [0, 0.05) is 31.1 Å². The molecule has 96 valence electrons. The molecule has 0 aromatic carbocycles. The van der Waals surface area contributed by atoms with Crippen LogP contribution in [0.5, 0.6) is 0 Å². The first kappa shape index (κ1) is 11.6. The van der Waals surface area contributed by atoms with Crippen LogP contribution in [0.15, 0.2) is 42.7 Å². The molecule has 0 atom stereocenters. The molecule has 5 heteroatoms. The van der Waals surface area contributed by atoms with Gasteiger partial charge >= 0.3 is 0 Å². The highest BCUT2D eigenvalue weighted by molar-refractivity contribution is 5.49. The summed E-state index contributed by atoms with van der Waals surface area (Å²) >= 11 is 0. The Labute approximate surface area is 111 Å².